The zero-order chi connectivity index (χ0) is 20.5. The van der Waals surface area contributed by atoms with Crippen molar-refractivity contribution in [1.82, 2.24) is 0 Å². The van der Waals surface area contributed by atoms with Crippen LogP contribution < -0.4 is 0 Å². The number of carbonyl (C=O) groups is 1. The molecule has 0 bridgehead atoms. The number of aliphatic hydroxyl groups excluding tert-OH is 1. The molecule has 1 aromatic rings. The highest BCUT2D eigenvalue weighted by Gasteiger charge is 2.09. The van der Waals surface area contributed by atoms with Crippen LogP contribution >= 0.6 is 0 Å². The summed E-state index contributed by atoms with van der Waals surface area (Å²) in [6.07, 6.45) is 10.8. The third-order valence-electron chi connectivity index (χ3n) is 3.96. The van der Waals surface area contributed by atoms with Crippen LogP contribution in [0.1, 0.15) is 51.5 Å². The largest absolute Gasteiger partial charge is 0.466 e. The monoisotopic (exact) mass is 390 g/mol. The van der Waals surface area contributed by atoms with Crippen molar-refractivity contribution in [2.75, 3.05) is 13.4 Å². The van der Waals surface area contributed by atoms with Gasteiger partial charge in [0.1, 0.15) is 6.79 Å². The van der Waals surface area contributed by atoms with Crippen LogP contribution in [0.25, 0.3) is 0 Å². The van der Waals surface area contributed by atoms with Crippen molar-refractivity contribution < 1.29 is 24.1 Å². The first-order valence-electron chi connectivity index (χ1n) is 9.98. The summed E-state index contributed by atoms with van der Waals surface area (Å²) in [5.74, 6) is -0.354. The summed E-state index contributed by atoms with van der Waals surface area (Å²) in [4.78, 5) is 11.2. The van der Waals surface area contributed by atoms with Gasteiger partial charge in [-0.05, 0) is 45.1 Å². The Morgan fingerprint density at radius 3 is 2.43 bits per heavy atom. The van der Waals surface area contributed by atoms with Crippen LogP contribution in [0.15, 0.2) is 54.6 Å². The van der Waals surface area contributed by atoms with Gasteiger partial charge in [0.15, 0.2) is 0 Å². The predicted molar refractivity (Wildman–Crippen MR) is 111 cm³/mol. The lowest BCUT2D eigenvalue weighted by Crippen LogP contribution is -2.14. The molecule has 0 aliphatic heterocycles. The number of hydrogen-bond donors (Lipinski definition) is 1. The maximum Gasteiger partial charge on any atom is 0.308 e. The molecule has 5 heteroatoms. The van der Waals surface area contributed by atoms with Crippen molar-refractivity contribution in [2.24, 2.45) is 0 Å². The zero-order valence-electron chi connectivity index (χ0n) is 17.1. The van der Waals surface area contributed by atoms with Crippen LogP contribution in [0, 0.1) is 0 Å². The van der Waals surface area contributed by atoms with Crippen molar-refractivity contribution in [3.8, 4) is 0 Å². The molecule has 0 saturated carbocycles. The summed E-state index contributed by atoms with van der Waals surface area (Å²) >= 11 is 0. The average molecular weight is 391 g/mol. The smallest absolute Gasteiger partial charge is 0.308 e. The van der Waals surface area contributed by atoms with E-state index in [0.29, 0.717) is 26.4 Å². The molecule has 0 aliphatic rings. The van der Waals surface area contributed by atoms with E-state index in [4.69, 9.17) is 14.2 Å². The number of aliphatic hydroxyl groups is 1. The van der Waals surface area contributed by atoms with Crippen molar-refractivity contribution in [3.05, 3.63) is 60.2 Å². The van der Waals surface area contributed by atoms with Gasteiger partial charge in [-0.2, -0.15) is 0 Å². The zero-order valence-corrected chi connectivity index (χ0v) is 17.1. The number of ether oxygens (including phenoxy) is 3. The fourth-order valence-electron chi connectivity index (χ4n) is 2.43. The highest BCUT2D eigenvalue weighted by atomic mass is 16.7. The van der Waals surface area contributed by atoms with Gasteiger partial charge >= 0.3 is 5.97 Å². The Hall–Kier alpha value is -1.95. The normalized spacial score (nSPS) is 13.8. The van der Waals surface area contributed by atoms with E-state index in [-0.39, 0.29) is 18.5 Å². The Bertz CT molecular complexity index is 568. The number of rotatable bonds is 15. The van der Waals surface area contributed by atoms with Crippen LogP contribution in [0.2, 0.25) is 0 Å². The molecule has 1 N–H and O–H groups in total. The minimum Gasteiger partial charge on any atom is -0.466 e. The lowest BCUT2D eigenvalue weighted by atomic mass is 10.1. The van der Waals surface area contributed by atoms with E-state index in [1.54, 1.807) is 6.92 Å². The molecule has 0 radical (unpaired) electrons. The van der Waals surface area contributed by atoms with Gasteiger partial charge in [0.25, 0.3) is 0 Å². The van der Waals surface area contributed by atoms with E-state index < -0.39 is 6.10 Å². The SMILES string of the molecule is CCOC(=O)C[C@@H](O)C/C=C/CC/C=C/C[C@@H](C)OCOCc1ccccc1. The van der Waals surface area contributed by atoms with Gasteiger partial charge in [-0.15, -0.1) is 0 Å². The first-order chi connectivity index (χ1) is 13.6. The quantitative estimate of drug-likeness (QED) is 0.206. The second-order valence-electron chi connectivity index (χ2n) is 6.58. The summed E-state index contributed by atoms with van der Waals surface area (Å²) in [7, 11) is 0. The molecule has 0 amide bonds. The molecule has 2 atom stereocenters. The first-order valence-corrected chi connectivity index (χ1v) is 9.98. The van der Waals surface area contributed by atoms with Crippen molar-refractivity contribution >= 4 is 5.97 Å². The molecule has 0 heterocycles. The van der Waals surface area contributed by atoms with Crippen LogP contribution in [-0.4, -0.2) is 36.7 Å². The summed E-state index contributed by atoms with van der Waals surface area (Å²) in [6.45, 7) is 4.98. The van der Waals surface area contributed by atoms with Gasteiger partial charge in [0, 0.05) is 0 Å². The highest BCUT2D eigenvalue weighted by Crippen LogP contribution is 2.05. The van der Waals surface area contributed by atoms with Crippen LogP contribution in [0.4, 0.5) is 0 Å². The standard InChI is InChI=1S/C23H34O5/c1-3-27-23(25)17-22(24)16-12-7-5-4-6-9-13-20(2)28-19-26-18-21-14-10-8-11-15-21/h6-12,14-15,20,22,24H,3-5,13,16-19H2,1-2H3/b9-6+,12-7+/t20-,22+/m1/s1. The van der Waals surface area contributed by atoms with E-state index >= 15 is 0 Å². The molecule has 28 heavy (non-hydrogen) atoms. The van der Waals surface area contributed by atoms with Gasteiger partial charge in [0.05, 0.1) is 31.8 Å². The first kappa shape index (κ1) is 24.1. The lowest BCUT2D eigenvalue weighted by Gasteiger charge is -2.11. The molecular formula is C23H34O5. The number of carbonyl (C=O) groups excluding carboxylic acids is 1. The van der Waals surface area contributed by atoms with Gasteiger partial charge < -0.3 is 19.3 Å². The van der Waals surface area contributed by atoms with E-state index in [0.717, 1.165) is 24.8 Å². The highest BCUT2D eigenvalue weighted by molar-refractivity contribution is 5.69. The maximum absolute atomic E-state index is 11.2. The van der Waals surface area contributed by atoms with Crippen molar-refractivity contribution in [2.45, 2.75) is 64.8 Å². The minimum atomic E-state index is -0.673. The Morgan fingerprint density at radius 1 is 1.07 bits per heavy atom. The summed E-state index contributed by atoms with van der Waals surface area (Å²) < 4.78 is 15.9. The average Bonchev–Trinajstić information content (AvgIpc) is 2.68. The molecular weight excluding hydrogens is 356 g/mol. The molecule has 1 rings (SSSR count). The van der Waals surface area contributed by atoms with Crippen LogP contribution in [-0.2, 0) is 25.6 Å². The topological polar surface area (TPSA) is 65.0 Å². The van der Waals surface area contributed by atoms with E-state index in [1.165, 1.54) is 0 Å². The van der Waals surface area contributed by atoms with Crippen LogP contribution in [0.5, 0.6) is 0 Å². The number of allylic oxidation sites excluding steroid dienone is 2. The second kappa shape index (κ2) is 16.0. The Balaban J connectivity index is 1.99. The minimum absolute atomic E-state index is 0.0467. The van der Waals surface area contributed by atoms with Gasteiger partial charge in [-0.1, -0.05) is 54.6 Å². The summed E-state index contributed by atoms with van der Waals surface area (Å²) in [6, 6.07) is 10.0. The molecule has 0 aliphatic carbocycles. The molecule has 5 nitrogen and oxygen atoms in total. The van der Waals surface area contributed by atoms with E-state index in [2.05, 4.69) is 12.2 Å². The number of benzene rings is 1. The van der Waals surface area contributed by atoms with E-state index in [1.807, 2.05) is 49.4 Å². The van der Waals surface area contributed by atoms with Crippen molar-refractivity contribution in [3.63, 3.8) is 0 Å². The molecule has 1 aromatic carbocycles. The van der Waals surface area contributed by atoms with Gasteiger partial charge in [0.2, 0.25) is 0 Å². The summed E-state index contributed by atoms with van der Waals surface area (Å²) in [5.41, 5.74) is 1.14. The van der Waals surface area contributed by atoms with Gasteiger partial charge in [-0.3, -0.25) is 4.79 Å². The van der Waals surface area contributed by atoms with Gasteiger partial charge in [-0.25, -0.2) is 0 Å². The molecule has 0 aromatic heterocycles. The number of hydrogen-bond acceptors (Lipinski definition) is 5. The molecule has 0 spiro atoms. The molecule has 0 unspecified atom stereocenters. The molecule has 0 fully saturated rings. The fourth-order valence-corrected chi connectivity index (χ4v) is 2.43. The van der Waals surface area contributed by atoms with E-state index in [9.17, 15) is 9.90 Å². The lowest BCUT2D eigenvalue weighted by molar-refractivity contribution is -0.145. The third kappa shape index (κ3) is 13.3. The summed E-state index contributed by atoms with van der Waals surface area (Å²) in [5, 5.41) is 9.71. The second-order valence-corrected chi connectivity index (χ2v) is 6.58. The molecule has 0 saturated heterocycles. The third-order valence-corrected chi connectivity index (χ3v) is 3.96. The fraction of sp³-hybridized carbons (Fsp3) is 0.522. The van der Waals surface area contributed by atoms with Crippen molar-refractivity contribution in [1.29, 1.82) is 0 Å². The van der Waals surface area contributed by atoms with Crippen LogP contribution in [0.3, 0.4) is 0 Å². The molecule has 156 valence electrons. The number of esters is 1. The predicted octanol–water partition coefficient (Wildman–Crippen LogP) is 4.55. The Morgan fingerprint density at radius 2 is 1.75 bits per heavy atom. The number of unbranched alkanes of at least 4 members (excludes halogenated alkanes) is 1. The maximum atomic E-state index is 11.2. The Labute approximate surface area is 169 Å². The Kier molecular flexibility index (Phi) is 13.8.